The zero-order valence-corrected chi connectivity index (χ0v) is 20.1. The summed E-state index contributed by atoms with van der Waals surface area (Å²) in [5.74, 6) is -1.23. The van der Waals surface area contributed by atoms with Crippen LogP contribution in [0.2, 0.25) is 0 Å². The van der Waals surface area contributed by atoms with Gasteiger partial charge < -0.3 is 19.9 Å². The van der Waals surface area contributed by atoms with Gasteiger partial charge in [0.05, 0.1) is 13.5 Å². The van der Waals surface area contributed by atoms with Crippen molar-refractivity contribution in [3.8, 4) is 5.88 Å². The Morgan fingerprint density at radius 1 is 1.36 bits per heavy atom. The highest BCUT2D eigenvalue weighted by Gasteiger charge is 2.66. The molecule has 2 aliphatic rings. The van der Waals surface area contributed by atoms with Crippen molar-refractivity contribution in [2.45, 2.75) is 22.5 Å². The van der Waals surface area contributed by atoms with Crippen LogP contribution >= 0.6 is 34.9 Å². The monoisotopic (exact) mass is 508 g/mol. The van der Waals surface area contributed by atoms with Crippen LogP contribution in [0, 0.1) is 0 Å². The van der Waals surface area contributed by atoms with Gasteiger partial charge in [-0.05, 0) is 17.0 Å². The maximum Gasteiger partial charge on any atom is 0.352 e. The third-order valence-corrected chi connectivity index (χ3v) is 8.38. The SMILES string of the molecule is COc1nccnc1SCC1=C(C(=O)O)N2C(=O)[C@](NC(=O)Cc3cccs3)(OC)[C@@H]2SC1. The molecule has 33 heavy (non-hydrogen) atoms. The first-order chi connectivity index (χ1) is 15.9. The van der Waals surface area contributed by atoms with Crippen molar-refractivity contribution >= 4 is 52.6 Å². The number of hydrogen-bond donors (Lipinski definition) is 2. The quantitative estimate of drug-likeness (QED) is 0.292. The van der Waals surface area contributed by atoms with Gasteiger partial charge in [0, 0.05) is 35.9 Å². The summed E-state index contributed by atoms with van der Waals surface area (Å²) in [5.41, 5.74) is -1.14. The predicted molar refractivity (Wildman–Crippen MR) is 123 cm³/mol. The molecule has 2 aromatic rings. The number of carboxylic acid groups (broad SMARTS) is 1. The van der Waals surface area contributed by atoms with Gasteiger partial charge in [0.1, 0.15) is 11.1 Å². The fourth-order valence-electron chi connectivity index (χ4n) is 3.58. The van der Waals surface area contributed by atoms with Gasteiger partial charge in [0.2, 0.25) is 11.8 Å². The standard InChI is InChI=1S/C20H20N4O6S3/c1-29-15-16(22-6-5-21-15)32-9-11-10-33-19-20(30-2,18(28)24(19)14(11)17(26)27)23-13(25)8-12-4-3-7-31-12/h3-7,19H,8-10H2,1-2H3,(H,23,25)(H,26,27)/t19-,20-/m0/s1. The van der Waals surface area contributed by atoms with Gasteiger partial charge in [-0.1, -0.05) is 17.8 Å². The molecule has 0 unspecified atom stereocenters. The predicted octanol–water partition coefficient (Wildman–Crippen LogP) is 1.59. The van der Waals surface area contributed by atoms with Crippen molar-refractivity contribution < 1.29 is 29.0 Å². The second kappa shape index (κ2) is 9.71. The van der Waals surface area contributed by atoms with Gasteiger partial charge in [-0.2, -0.15) is 0 Å². The normalized spacial score (nSPS) is 21.9. The summed E-state index contributed by atoms with van der Waals surface area (Å²) in [6, 6.07) is 3.67. The molecule has 1 fully saturated rings. The zero-order valence-electron chi connectivity index (χ0n) is 17.6. The highest BCUT2D eigenvalue weighted by atomic mass is 32.2. The highest BCUT2D eigenvalue weighted by Crippen LogP contribution is 2.47. The van der Waals surface area contributed by atoms with E-state index >= 15 is 0 Å². The Kier molecular flexibility index (Phi) is 6.93. The number of aromatic nitrogens is 2. The van der Waals surface area contributed by atoms with E-state index < -0.39 is 23.0 Å². The number of fused-ring (bicyclic) bond motifs is 1. The van der Waals surface area contributed by atoms with Crippen LogP contribution in [-0.4, -0.2) is 74.6 Å². The summed E-state index contributed by atoms with van der Waals surface area (Å²) >= 11 is 4.05. The molecule has 10 nitrogen and oxygen atoms in total. The molecule has 2 aromatic heterocycles. The van der Waals surface area contributed by atoms with Gasteiger partial charge in [0.25, 0.3) is 11.6 Å². The molecule has 2 amide bonds. The molecule has 0 saturated carbocycles. The Balaban J connectivity index is 1.53. The van der Waals surface area contributed by atoms with Crippen LogP contribution in [0.3, 0.4) is 0 Å². The average Bonchev–Trinajstić information content (AvgIpc) is 3.33. The third-order valence-electron chi connectivity index (χ3n) is 5.08. The largest absolute Gasteiger partial charge is 0.479 e. The minimum absolute atomic E-state index is 0.0979. The van der Waals surface area contributed by atoms with Gasteiger partial charge >= 0.3 is 5.97 Å². The van der Waals surface area contributed by atoms with Gasteiger partial charge in [0.15, 0.2) is 5.03 Å². The molecular formula is C20H20N4O6S3. The number of hydrogen-bond acceptors (Lipinski definition) is 10. The number of carbonyl (C=O) groups is 3. The van der Waals surface area contributed by atoms with Crippen LogP contribution in [-0.2, 0) is 25.5 Å². The first kappa shape index (κ1) is 23.5. The summed E-state index contributed by atoms with van der Waals surface area (Å²) < 4.78 is 10.7. The number of methoxy groups -OCH3 is 2. The maximum absolute atomic E-state index is 13.2. The van der Waals surface area contributed by atoms with E-state index in [1.807, 2.05) is 17.5 Å². The van der Waals surface area contributed by atoms with Crippen molar-refractivity contribution in [1.82, 2.24) is 20.2 Å². The number of β-lactam (4-membered cyclic amide) rings is 1. The Morgan fingerprint density at radius 3 is 2.82 bits per heavy atom. The molecule has 1 saturated heterocycles. The zero-order chi connectivity index (χ0) is 23.6. The molecule has 0 radical (unpaired) electrons. The Labute approximate surface area is 201 Å². The smallest absolute Gasteiger partial charge is 0.352 e. The summed E-state index contributed by atoms with van der Waals surface area (Å²) in [6.07, 6.45) is 3.13. The first-order valence-corrected chi connectivity index (χ1v) is 12.6. The van der Waals surface area contributed by atoms with E-state index in [4.69, 9.17) is 9.47 Å². The van der Waals surface area contributed by atoms with Crippen molar-refractivity contribution in [1.29, 1.82) is 0 Å². The molecule has 0 bridgehead atoms. The number of nitrogens with one attached hydrogen (secondary N) is 1. The number of nitrogens with zero attached hydrogens (tertiary/aromatic N) is 3. The van der Waals surface area contributed by atoms with E-state index in [2.05, 4.69) is 15.3 Å². The van der Waals surface area contributed by atoms with E-state index in [0.717, 1.165) is 4.88 Å². The number of ether oxygens (including phenoxy) is 2. The summed E-state index contributed by atoms with van der Waals surface area (Å²) in [4.78, 5) is 48.2. The molecular weight excluding hydrogens is 488 g/mol. The van der Waals surface area contributed by atoms with E-state index in [1.54, 1.807) is 0 Å². The molecule has 13 heteroatoms. The number of aliphatic carboxylic acids is 1. The fraction of sp³-hybridized carbons (Fsp3) is 0.350. The minimum atomic E-state index is -1.60. The van der Waals surface area contributed by atoms with Crippen LogP contribution in [0.25, 0.3) is 0 Å². The first-order valence-electron chi connectivity index (χ1n) is 9.68. The highest BCUT2D eigenvalue weighted by molar-refractivity contribution is 8.01. The number of thiophene rings is 1. The molecule has 2 N–H and O–H groups in total. The van der Waals surface area contributed by atoms with Crippen LogP contribution in [0.15, 0.2) is 46.2 Å². The average molecular weight is 509 g/mol. The lowest BCUT2D eigenvalue weighted by molar-refractivity contribution is -0.192. The molecule has 2 aliphatic heterocycles. The number of carboxylic acids is 1. The van der Waals surface area contributed by atoms with Crippen molar-refractivity contribution in [2.24, 2.45) is 0 Å². The van der Waals surface area contributed by atoms with Gasteiger partial charge in [-0.3, -0.25) is 14.5 Å². The molecule has 4 rings (SSSR count). The number of carbonyl (C=O) groups excluding carboxylic acids is 2. The van der Waals surface area contributed by atoms with E-state index in [0.29, 0.717) is 22.2 Å². The number of rotatable bonds is 9. The van der Waals surface area contributed by atoms with Gasteiger partial charge in [-0.15, -0.1) is 23.1 Å². The lowest BCUT2D eigenvalue weighted by Crippen LogP contribution is -2.80. The van der Waals surface area contributed by atoms with Gasteiger partial charge in [-0.25, -0.2) is 14.8 Å². The molecule has 0 aliphatic carbocycles. The lowest BCUT2D eigenvalue weighted by Gasteiger charge is -2.55. The van der Waals surface area contributed by atoms with E-state index in [9.17, 15) is 19.5 Å². The van der Waals surface area contributed by atoms with E-state index in [1.165, 1.54) is 66.4 Å². The van der Waals surface area contributed by atoms with E-state index in [-0.39, 0.29) is 23.8 Å². The van der Waals surface area contributed by atoms with Crippen LogP contribution in [0.4, 0.5) is 0 Å². The number of thioether (sulfide) groups is 2. The van der Waals surface area contributed by atoms with Crippen LogP contribution in [0.5, 0.6) is 5.88 Å². The summed E-state index contributed by atoms with van der Waals surface area (Å²) in [7, 11) is 2.81. The second-order valence-corrected chi connectivity index (χ2v) is 10.1. The fourth-order valence-corrected chi connectivity index (χ4v) is 6.80. The molecule has 4 heterocycles. The lowest BCUT2D eigenvalue weighted by atomic mass is 9.98. The van der Waals surface area contributed by atoms with Crippen LogP contribution in [0.1, 0.15) is 4.88 Å². The molecule has 2 atom stereocenters. The van der Waals surface area contributed by atoms with Crippen molar-refractivity contribution in [3.05, 3.63) is 46.1 Å². The topological polar surface area (TPSA) is 131 Å². The number of amides is 2. The summed E-state index contributed by atoms with van der Waals surface area (Å²) in [6.45, 7) is 0. The third kappa shape index (κ3) is 4.33. The summed E-state index contributed by atoms with van der Waals surface area (Å²) in [5, 5.41) is 14.3. The Bertz CT molecular complexity index is 1110. The Morgan fingerprint density at radius 2 is 2.15 bits per heavy atom. The molecule has 0 aromatic carbocycles. The molecule has 0 spiro atoms. The maximum atomic E-state index is 13.2. The van der Waals surface area contributed by atoms with Crippen molar-refractivity contribution in [2.75, 3.05) is 25.7 Å². The van der Waals surface area contributed by atoms with Crippen LogP contribution < -0.4 is 10.1 Å². The minimum Gasteiger partial charge on any atom is -0.479 e. The van der Waals surface area contributed by atoms with Crippen molar-refractivity contribution in [3.63, 3.8) is 0 Å². The Hall–Kier alpha value is -2.61. The second-order valence-electron chi connectivity index (χ2n) is 7.00. The molecule has 174 valence electrons.